The van der Waals surface area contributed by atoms with Gasteiger partial charge in [0.05, 0.1) is 9.83 Å². The van der Waals surface area contributed by atoms with Gasteiger partial charge in [0.2, 0.25) is 0 Å². The molecule has 0 aliphatic carbocycles. The van der Waals surface area contributed by atoms with E-state index in [1.807, 2.05) is 0 Å². The van der Waals surface area contributed by atoms with Crippen molar-refractivity contribution in [2.45, 2.75) is 26.3 Å². The number of hydrogen-bond donors (Lipinski definition) is 2. The summed E-state index contributed by atoms with van der Waals surface area (Å²) in [5, 5.41) is 0. The molecule has 0 aliphatic heterocycles. The van der Waals surface area contributed by atoms with E-state index in [-0.39, 0.29) is 6.04 Å². The molecular weight excluding hydrogens is 288 g/mol. The summed E-state index contributed by atoms with van der Waals surface area (Å²) in [7, 11) is 1.73. The van der Waals surface area contributed by atoms with Crippen LogP contribution in [0.15, 0.2) is 9.85 Å². The average molecular weight is 307 g/mol. The summed E-state index contributed by atoms with van der Waals surface area (Å²) in [6.07, 6.45) is 1.000. The fourth-order valence-electron chi connectivity index (χ4n) is 1.63. The van der Waals surface area contributed by atoms with Crippen molar-refractivity contribution in [3.8, 4) is 0 Å². The number of rotatable bonds is 6. The molecule has 16 heavy (non-hydrogen) atoms. The summed E-state index contributed by atoms with van der Waals surface area (Å²) in [4.78, 5) is 1.27. The van der Waals surface area contributed by atoms with Gasteiger partial charge < -0.3 is 4.74 Å². The Hall–Kier alpha value is 0.0600. The Bertz CT molecular complexity index is 310. The topological polar surface area (TPSA) is 47.3 Å². The van der Waals surface area contributed by atoms with Crippen molar-refractivity contribution >= 4 is 27.3 Å². The number of halogens is 1. The zero-order chi connectivity index (χ0) is 12.1. The van der Waals surface area contributed by atoms with Crippen molar-refractivity contribution in [2.75, 3.05) is 13.7 Å². The van der Waals surface area contributed by atoms with Crippen LogP contribution in [-0.2, 0) is 4.74 Å². The molecule has 1 heterocycles. The summed E-state index contributed by atoms with van der Waals surface area (Å²) in [5.74, 6) is 6.09. The van der Waals surface area contributed by atoms with E-state index in [1.165, 1.54) is 14.2 Å². The van der Waals surface area contributed by atoms with Crippen LogP contribution in [0, 0.1) is 12.8 Å². The number of aryl methyl sites for hydroxylation is 1. The minimum absolute atomic E-state index is 0.199. The Morgan fingerprint density at radius 2 is 2.31 bits per heavy atom. The van der Waals surface area contributed by atoms with E-state index in [0.717, 1.165) is 13.0 Å². The molecule has 2 atom stereocenters. The van der Waals surface area contributed by atoms with Crippen LogP contribution in [0.1, 0.15) is 29.8 Å². The zero-order valence-corrected chi connectivity index (χ0v) is 12.3. The number of nitrogens with two attached hydrogens (primary N) is 1. The maximum atomic E-state index is 5.64. The van der Waals surface area contributed by atoms with Crippen molar-refractivity contribution in [2.24, 2.45) is 11.8 Å². The highest BCUT2D eigenvalue weighted by Crippen LogP contribution is 2.34. The Kier molecular flexibility index (Phi) is 5.92. The molecule has 1 rings (SSSR count). The molecule has 1 aromatic rings. The van der Waals surface area contributed by atoms with E-state index < -0.39 is 0 Å². The van der Waals surface area contributed by atoms with E-state index >= 15 is 0 Å². The first-order valence-electron chi connectivity index (χ1n) is 5.31. The van der Waals surface area contributed by atoms with Crippen LogP contribution in [0.4, 0.5) is 0 Å². The maximum absolute atomic E-state index is 5.64. The standard InChI is InChI=1S/C11H19BrN2OS/c1-7(4-5-15-3)10(14-13)9-6-8(2)11(12)16-9/h6-7,10,14H,4-5,13H2,1-3H3. The third-order valence-electron chi connectivity index (χ3n) is 2.71. The van der Waals surface area contributed by atoms with Crippen LogP contribution < -0.4 is 11.3 Å². The lowest BCUT2D eigenvalue weighted by atomic mass is 9.97. The van der Waals surface area contributed by atoms with Gasteiger partial charge in [-0.3, -0.25) is 11.3 Å². The molecule has 0 bridgehead atoms. The highest BCUT2D eigenvalue weighted by Gasteiger charge is 2.20. The predicted octanol–water partition coefficient (Wildman–Crippen LogP) is 3.00. The van der Waals surface area contributed by atoms with Crippen LogP contribution in [0.25, 0.3) is 0 Å². The second-order valence-electron chi connectivity index (χ2n) is 4.01. The summed E-state index contributed by atoms with van der Waals surface area (Å²) in [5.41, 5.74) is 4.16. The minimum Gasteiger partial charge on any atom is -0.385 e. The van der Waals surface area contributed by atoms with Crippen LogP contribution in [-0.4, -0.2) is 13.7 Å². The lowest BCUT2D eigenvalue weighted by Crippen LogP contribution is -2.32. The highest BCUT2D eigenvalue weighted by atomic mass is 79.9. The average Bonchev–Trinajstić information content (AvgIpc) is 2.57. The summed E-state index contributed by atoms with van der Waals surface area (Å²) in [6, 6.07) is 2.38. The third kappa shape index (κ3) is 3.53. The van der Waals surface area contributed by atoms with Gasteiger partial charge in [-0.1, -0.05) is 6.92 Å². The predicted molar refractivity (Wildman–Crippen MR) is 72.5 cm³/mol. The lowest BCUT2D eigenvalue weighted by Gasteiger charge is -2.21. The third-order valence-corrected chi connectivity index (χ3v) is 4.93. The quantitative estimate of drug-likeness (QED) is 0.627. The second-order valence-corrected chi connectivity index (χ2v) is 6.41. The van der Waals surface area contributed by atoms with Gasteiger partial charge in [-0.2, -0.15) is 0 Å². The number of ether oxygens (including phenoxy) is 1. The number of hydrogen-bond acceptors (Lipinski definition) is 4. The molecule has 5 heteroatoms. The fourth-order valence-corrected chi connectivity index (χ4v) is 3.40. The number of methoxy groups -OCH3 is 1. The smallest absolute Gasteiger partial charge is 0.0731 e. The molecule has 3 N–H and O–H groups in total. The van der Waals surface area contributed by atoms with Gasteiger partial charge in [0, 0.05) is 18.6 Å². The monoisotopic (exact) mass is 306 g/mol. The molecule has 0 aromatic carbocycles. The van der Waals surface area contributed by atoms with Gasteiger partial charge in [0.25, 0.3) is 0 Å². The first-order chi connectivity index (χ1) is 7.60. The molecule has 0 spiro atoms. The van der Waals surface area contributed by atoms with Gasteiger partial charge in [-0.25, -0.2) is 0 Å². The number of nitrogens with one attached hydrogen (secondary N) is 1. The van der Waals surface area contributed by atoms with Gasteiger partial charge >= 0.3 is 0 Å². The van der Waals surface area contributed by atoms with Crippen molar-refractivity contribution in [1.82, 2.24) is 5.43 Å². The molecule has 0 fully saturated rings. The SMILES string of the molecule is COCCC(C)C(NN)c1cc(C)c(Br)s1. The fraction of sp³-hybridized carbons (Fsp3) is 0.636. The molecule has 0 radical (unpaired) electrons. The Morgan fingerprint density at radius 1 is 1.62 bits per heavy atom. The number of thiophene rings is 1. The van der Waals surface area contributed by atoms with Gasteiger partial charge in [-0.05, 0) is 46.8 Å². The molecule has 0 amide bonds. The maximum Gasteiger partial charge on any atom is 0.0731 e. The second kappa shape index (κ2) is 6.71. The first kappa shape index (κ1) is 14.1. The van der Waals surface area contributed by atoms with Crippen molar-refractivity contribution < 1.29 is 4.74 Å². The molecule has 3 nitrogen and oxygen atoms in total. The Labute approximate surface area is 109 Å². The molecule has 2 unspecified atom stereocenters. The molecule has 0 saturated carbocycles. The molecule has 0 saturated heterocycles. The summed E-state index contributed by atoms with van der Waals surface area (Å²) >= 11 is 5.28. The zero-order valence-electron chi connectivity index (χ0n) is 9.92. The van der Waals surface area contributed by atoms with Crippen molar-refractivity contribution in [3.05, 3.63) is 20.3 Å². The van der Waals surface area contributed by atoms with E-state index in [2.05, 4.69) is 41.3 Å². The molecular formula is C11H19BrN2OS. The van der Waals surface area contributed by atoms with E-state index in [9.17, 15) is 0 Å². The van der Waals surface area contributed by atoms with E-state index in [1.54, 1.807) is 18.4 Å². The van der Waals surface area contributed by atoms with Crippen molar-refractivity contribution in [3.63, 3.8) is 0 Å². The largest absolute Gasteiger partial charge is 0.385 e. The first-order valence-corrected chi connectivity index (χ1v) is 6.92. The normalized spacial score (nSPS) is 15.1. The van der Waals surface area contributed by atoms with Crippen molar-refractivity contribution in [1.29, 1.82) is 0 Å². The Balaban J connectivity index is 2.73. The Morgan fingerprint density at radius 3 is 2.75 bits per heavy atom. The van der Waals surface area contributed by atoms with Gasteiger partial charge in [0.15, 0.2) is 0 Å². The number of hydrazine groups is 1. The highest BCUT2D eigenvalue weighted by molar-refractivity contribution is 9.11. The minimum atomic E-state index is 0.199. The summed E-state index contributed by atoms with van der Waals surface area (Å²) < 4.78 is 6.28. The van der Waals surface area contributed by atoms with Crippen LogP contribution >= 0.6 is 27.3 Å². The molecule has 1 aromatic heterocycles. The van der Waals surface area contributed by atoms with Crippen LogP contribution in [0.5, 0.6) is 0 Å². The van der Waals surface area contributed by atoms with E-state index in [4.69, 9.17) is 10.6 Å². The lowest BCUT2D eigenvalue weighted by molar-refractivity contribution is 0.170. The van der Waals surface area contributed by atoms with Crippen LogP contribution in [0.3, 0.4) is 0 Å². The summed E-state index contributed by atoms with van der Waals surface area (Å²) in [6.45, 7) is 5.05. The molecule has 0 aliphatic rings. The van der Waals surface area contributed by atoms with E-state index in [0.29, 0.717) is 5.92 Å². The van der Waals surface area contributed by atoms with Gasteiger partial charge in [-0.15, -0.1) is 11.3 Å². The van der Waals surface area contributed by atoms with Gasteiger partial charge in [0.1, 0.15) is 0 Å². The molecule has 92 valence electrons. The van der Waals surface area contributed by atoms with Crippen LogP contribution in [0.2, 0.25) is 0 Å².